The van der Waals surface area contributed by atoms with Crippen molar-refractivity contribution in [3.05, 3.63) is 128 Å². The Morgan fingerprint density at radius 1 is 0.594 bits per heavy atom. The second-order valence-corrected chi connectivity index (χ2v) is 17.5. The van der Waals surface area contributed by atoms with Gasteiger partial charge in [0.25, 0.3) is 0 Å². The molecule has 0 radical (unpaired) electrons. The summed E-state index contributed by atoms with van der Waals surface area (Å²) >= 11 is 13.4. The van der Waals surface area contributed by atoms with E-state index in [1.54, 1.807) is 30.3 Å². The normalized spacial score (nSPS) is 33.0. The zero-order chi connectivity index (χ0) is 45.2. The van der Waals surface area contributed by atoms with Crippen molar-refractivity contribution in [2.24, 2.45) is 0 Å². The average molecular weight is 930 g/mol. The van der Waals surface area contributed by atoms with E-state index >= 15 is 0 Å². The van der Waals surface area contributed by atoms with Crippen LogP contribution in [0.1, 0.15) is 46.2 Å². The number of benzene rings is 4. The van der Waals surface area contributed by atoms with Gasteiger partial charge in [-0.15, -0.1) is 0 Å². The van der Waals surface area contributed by atoms with E-state index in [-0.39, 0.29) is 23.3 Å². The van der Waals surface area contributed by atoms with Crippen molar-refractivity contribution < 1.29 is 73.6 Å². The van der Waals surface area contributed by atoms with Gasteiger partial charge in [0.15, 0.2) is 0 Å². The largest absolute Gasteiger partial charge is 0.488 e. The standard InChI is InChI=1S/C47H54Cl2O15/c1-57-46(30-6-12-36(48)28(20-30)18-26-2-8-32(9-3-26)61-34-14-16-58-23-34)44(55)43(54)41(52)39(64-46)25-60-47(45(56)42(53)40(51)38(22-50)63-47)31-7-13-37(49)29(21-31)19-27-4-10-33(11-5-27)62-35-15-17-59-24-35/h2-13,20-21,34-35,38-45,50-56H,14-19,22-25H2,1H3/t34-,35-,38+,39+,40+,41+,42-,43-,44+,45+,46?,47?/m0/s1. The van der Waals surface area contributed by atoms with Crippen molar-refractivity contribution in [1.29, 1.82) is 0 Å². The molecule has 64 heavy (non-hydrogen) atoms. The maximum Gasteiger partial charge on any atom is 0.225 e. The molecular formula is C47H54Cl2O15. The molecule has 0 saturated carbocycles. The van der Waals surface area contributed by atoms with Gasteiger partial charge in [0, 0.05) is 41.1 Å². The fourth-order valence-corrected chi connectivity index (χ4v) is 9.07. The first-order valence-electron chi connectivity index (χ1n) is 21.3. The zero-order valence-electron chi connectivity index (χ0n) is 35.1. The van der Waals surface area contributed by atoms with Gasteiger partial charge in [-0.2, -0.15) is 0 Å². The molecule has 4 aromatic rings. The number of rotatable bonds is 15. The van der Waals surface area contributed by atoms with Crippen LogP contribution in [0.5, 0.6) is 11.5 Å². The van der Waals surface area contributed by atoms with Crippen LogP contribution in [0.2, 0.25) is 10.0 Å². The molecule has 15 nitrogen and oxygen atoms in total. The molecule has 0 aromatic heterocycles. The van der Waals surface area contributed by atoms with Gasteiger partial charge in [-0.3, -0.25) is 0 Å². The number of aliphatic hydroxyl groups excluding tert-OH is 7. The molecule has 4 fully saturated rings. The Morgan fingerprint density at radius 3 is 1.50 bits per heavy atom. The third-order valence-corrected chi connectivity index (χ3v) is 13.1. The Morgan fingerprint density at radius 2 is 1.05 bits per heavy atom. The molecule has 4 heterocycles. The predicted octanol–water partition coefficient (Wildman–Crippen LogP) is 3.13. The molecule has 4 aliphatic rings. The average Bonchev–Trinajstić information content (AvgIpc) is 4.03. The van der Waals surface area contributed by atoms with E-state index in [9.17, 15) is 35.7 Å². The maximum absolute atomic E-state index is 11.8. The number of aliphatic hydroxyl groups is 7. The molecule has 0 aliphatic carbocycles. The summed E-state index contributed by atoms with van der Waals surface area (Å²) in [6, 6.07) is 24.6. The third-order valence-electron chi connectivity index (χ3n) is 12.4. The minimum atomic E-state index is -2.31. The van der Waals surface area contributed by atoms with E-state index in [1.165, 1.54) is 13.2 Å². The zero-order valence-corrected chi connectivity index (χ0v) is 36.6. The third kappa shape index (κ3) is 9.67. The molecule has 4 aromatic carbocycles. The molecule has 8 rings (SSSR count). The molecule has 4 aliphatic heterocycles. The van der Waals surface area contributed by atoms with Gasteiger partial charge in [-0.25, -0.2) is 0 Å². The van der Waals surface area contributed by atoms with Crippen LogP contribution in [0, 0.1) is 0 Å². The number of methoxy groups -OCH3 is 1. The second-order valence-electron chi connectivity index (χ2n) is 16.7. The minimum Gasteiger partial charge on any atom is -0.488 e. The molecule has 12 atom stereocenters. The number of hydrogen-bond acceptors (Lipinski definition) is 15. The van der Waals surface area contributed by atoms with Crippen LogP contribution < -0.4 is 9.47 Å². The van der Waals surface area contributed by atoms with Gasteiger partial charge in [0.2, 0.25) is 11.6 Å². The number of hydrogen-bond donors (Lipinski definition) is 7. The highest BCUT2D eigenvalue weighted by Gasteiger charge is 2.59. The summed E-state index contributed by atoms with van der Waals surface area (Å²) in [5, 5.41) is 79.1. The summed E-state index contributed by atoms with van der Waals surface area (Å²) in [6.45, 7) is 0.960. The summed E-state index contributed by atoms with van der Waals surface area (Å²) in [5.41, 5.74) is 3.38. The van der Waals surface area contributed by atoms with Crippen molar-refractivity contribution >= 4 is 23.2 Å². The highest BCUT2D eigenvalue weighted by atomic mass is 35.5. The fraction of sp³-hybridized carbons (Fsp3) is 0.489. The van der Waals surface area contributed by atoms with E-state index in [0.717, 1.165) is 24.0 Å². The van der Waals surface area contributed by atoms with E-state index < -0.39 is 73.6 Å². The van der Waals surface area contributed by atoms with Crippen LogP contribution in [-0.2, 0) is 52.8 Å². The smallest absolute Gasteiger partial charge is 0.225 e. The van der Waals surface area contributed by atoms with Crippen LogP contribution in [0.25, 0.3) is 0 Å². The van der Waals surface area contributed by atoms with Crippen molar-refractivity contribution in [1.82, 2.24) is 0 Å². The first-order chi connectivity index (χ1) is 30.8. The van der Waals surface area contributed by atoms with E-state index in [4.69, 9.17) is 61.1 Å². The van der Waals surface area contributed by atoms with Gasteiger partial charge in [0.1, 0.15) is 72.5 Å². The van der Waals surface area contributed by atoms with Gasteiger partial charge in [-0.05, 0) is 83.6 Å². The van der Waals surface area contributed by atoms with Gasteiger partial charge >= 0.3 is 0 Å². The van der Waals surface area contributed by atoms with Gasteiger partial charge < -0.3 is 73.6 Å². The Hall–Kier alpha value is -3.46. The lowest BCUT2D eigenvalue weighted by Gasteiger charge is -2.51. The van der Waals surface area contributed by atoms with E-state index in [1.807, 2.05) is 48.5 Å². The Bertz CT molecular complexity index is 2170. The predicted molar refractivity (Wildman–Crippen MR) is 230 cm³/mol. The lowest BCUT2D eigenvalue weighted by atomic mass is 9.86. The molecule has 0 amide bonds. The molecular weight excluding hydrogens is 875 g/mol. The summed E-state index contributed by atoms with van der Waals surface area (Å²) in [6.07, 6.45) is -11.7. The summed E-state index contributed by atoms with van der Waals surface area (Å²) in [4.78, 5) is 0. The summed E-state index contributed by atoms with van der Waals surface area (Å²) in [5.74, 6) is -3.00. The molecule has 4 saturated heterocycles. The summed E-state index contributed by atoms with van der Waals surface area (Å²) in [7, 11) is 1.27. The lowest BCUT2D eigenvalue weighted by molar-refractivity contribution is -0.400. The minimum absolute atomic E-state index is 0.00152. The van der Waals surface area contributed by atoms with Crippen LogP contribution in [0.15, 0.2) is 84.9 Å². The van der Waals surface area contributed by atoms with E-state index in [0.29, 0.717) is 71.9 Å². The van der Waals surface area contributed by atoms with Gasteiger partial charge in [-0.1, -0.05) is 59.6 Å². The van der Waals surface area contributed by atoms with Crippen molar-refractivity contribution in [2.45, 2.75) is 98.3 Å². The maximum atomic E-state index is 11.8. The van der Waals surface area contributed by atoms with Crippen LogP contribution in [-0.4, -0.2) is 144 Å². The highest BCUT2D eigenvalue weighted by molar-refractivity contribution is 6.31. The second kappa shape index (κ2) is 20.2. The quantitative estimate of drug-likeness (QED) is 0.0913. The first kappa shape index (κ1) is 47.0. The Labute approximate surface area is 380 Å². The SMILES string of the molecule is COC1(c2ccc(Cl)c(Cc3ccc(O[C@H]4CCOC4)cc3)c2)O[C@H](COC2(c3ccc(Cl)c(Cc4ccc(O[C@H]5CCOC5)cc4)c3)O[C@H](CO)[C@@H](O)[C@H](O)[C@H]2O)[C@@H](O)[C@H](O)[C@H]1O. The first-order valence-corrected chi connectivity index (χ1v) is 22.1. The molecule has 2 unspecified atom stereocenters. The van der Waals surface area contributed by atoms with Crippen LogP contribution >= 0.6 is 23.2 Å². The van der Waals surface area contributed by atoms with E-state index in [2.05, 4.69) is 0 Å². The van der Waals surface area contributed by atoms with Crippen molar-refractivity contribution in [3.8, 4) is 11.5 Å². The monoisotopic (exact) mass is 928 g/mol. The Balaban J connectivity index is 1.05. The van der Waals surface area contributed by atoms with Crippen molar-refractivity contribution in [3.63, 3.8) is 0 Å². The lowest BCUT2D eigenvalue weighted by Crippen LogP contribution is -2.67. The molecule has 17 heteroatoms. The molecule has 7 N–H and O–H groups in total. The van der Waals surface area contributed by atoms with Crippen LogP contribution in [0.3, 0.4) is 0 Å². The summed E-state index contributed by atoms with van der Waals surface area (Å²) < 4.78 is 47.7. The topological polar surface area (TPSA) is 215 Å². The molecule has 0 spiro atoms. The fourth-order valence-electron chi connectivity index (χ4n) is 8.70. The number of halogens is 2. The Kier molecular flexibility index (Phi) is 14.8. The van der Waals surface area contributed by atoms with Gasteiger partial charge in [0.05, 0.1) is 39.6 Å². The molecule has 346 valence electrons. The van der Waals surface area contributed by atoms with Crippen LogP contribution in [0.4, 0.5) is 0 Å². The number of ether oxygens (including phenoxy) is 8. The highest BCUT2D eigenvalue weighted by Crippen LogP contribution is 2.44. The van der Waals surface area contributed by atoms with Crippen molar-refractivity contribution in [2.75, 3.05) is 46.8 Å². The molecule has 0 bridgehead atoms.